The van der Waals surface area contributed by atoms with Crippen LogP contribution < -0.4 is 20.1 Å². The second kappa shape index (κ2) is 11.0. The molecule has 3 rings (SSSR count). The Morgan fingerprint density at radius 2 is 2.07 bits per heavy atom. The van der Waals surface area contributed by atoms with Crippen molar-refractivity contribution in [2.24, 2.45) is 0 Å². The molecule has 7 nitrogen and oxygen atoms in total. The van der Waals surface area contributed by atoms with E-state index in [0.29, 0.717) is 37.7 Å². The van der Waals surface area contributed by atoms with Crippen molar-refractivity contribution in [3.63, 3.8) is 0 Å². The second-order valence-electron chi connectivity index (χ2n) is 7.88. The molecule has 1 aliphatic heterocycles. The molecular formula is C23H33N3O4. The number of nitrogens with zero attached hydrogens (tertiary/aromatic N) is 1. The molecule has 1 unspecified atom stereocenters. The van der Waals surface area contributed by atoms with E-state index in [2.05, 4.69) is 21.6 Å². The number of hydrogen-bond donors (Lipinski definition) is 2. The lowest BCUT2D eigenvalue weighted by molar-refractivity contribution is -0.134. The molecule has 1 aliphatic carbocycles. The lowest BCUT2D eigenvalue weighted by Crippen LogP contribution is -2.56. The highest BCUT2D eigenvalue weighted by Crippen LogP contribution is 2.28. The van der Waals surface area contributed by atoms with Crippen LogP contribution in [0.5, 0.6) is 11.5 Å². The Morgan fingerprint density at radius 3 is 2.80 bits per heavy atom. The molecule has 1 aromatic carbocycles. The van der Waals surface area contributed by atoms with Crippen molar-refractivity contribution in [1.82, 2.24) is 15.5 Å². The van der Waals surface area contributed by atoms with Crippen LogP contribution in [0.25, 0.3) is 0 Å². The Labute approximate surface area is 178 Å². The average molecular weight is 416 g/mol. The van der Waals surface area contributed by atoms with E-state index in [4.69, 9.17) is 9.47 Å². The van der Waals surface area contributed by atoms with Gasteiger partial charge in [-0.15, -0.1) is 0 Å². The van der Waals surface area contributed by atoms with Crippen molar-refractivity contribution in [2.45, 2.75) is 51.1 Å². The van der Waals surface area contributed by atoms with Gasteiger partial charge in [0.05, 0.1) is 26.7 Å². The fraction of sp³-hybridized carbons (Fsp3) is 0.565. The van der Waals surface area contributed by atoms with Gasteiger partial charge in [-0.2, -0.15) is 0 Å². The van der Waals surface area contributed by atoms with Gasteiger partial charge in [0.2, 0.25) is 11.8 Å². The second-order valence-corrected chi connectivity index (χ2v) is 7.88. The molecule has 0 bridgehead atoms. The molecule has 1 atom stereocenters. The Kier molecular flexibility index (Phi) is 8.13. The number of piperazine rings is 1. The van der Waals surface area contributed by atoms with E-state index in [9.17, 15) is 9.59 Å². The summed E-state index contributed by atoms with van der Waals surface area (Å²) in [4.78, 5) is 27.1. The third kappa shape index (κ3) is 5.98. The van der Waals surface area contributed by atoms with E-state index in [1.807, 2.05) is 18.2 Å². The van der Waals surface area contributed by atoms with Crippen LogP contribution in [0.15, 0.2) is 29.8 Å². The Hall–Kier alpha value is -2.54. The van der Waals surface area contributed by atoms with Gasteiger partial charge in [0.15, 0.2) is 11.5 Å². The highest BCUT2D eigenvalue weighted by Gasteiger charge is 2.31. The quantitative estimate of drug-likeness (QED) is 0.606. The summed E-state index contributed by atoms with van der Waals surface area (Å²) in [6.45, 7) is 2.48. The first kappa shape index (κ1) is 22.2. The normalized spacial score (nSPS) is 19.6. The standard InChI is InChI=1S/C23H33N3O4/c1-29-20-9-8-18(14-21(20)30-2)16-26-13-12-25-23(28)19(26)15-22(27)24-11-10-17-6-4-3-5-7-17/h6,8-9,14,19H,3-5,7,10-13,15-16H2,1-2H3,(H,24,27)(H,25,28). The third-order valence-corrected chi connectivity index (χ3v) is 5.81. The van der Waals surface area contributed by atoms with Crippen molar-refractivity contribution >= 4 is 11.8 Å². The van der Waals surface area contributed by atoms with E-state index in [1.54, 1.807) is 14.2 Å². The highest BCUT2D eigenvalue weighted by molar-refractivity contribution is 5.88. The number of methoxy groups -OCH3 is 2. The van der Waals surface area contributed by atoms with Gasteiger partial charge in [-0.1, -0.05) is 17.7 Å². The number of amides is 2. The average Bonchev–Trinajstić information content (AvgIpc) is 2.76. The molecule has 30 heavy (non-hydrogen) atoms. The smallest absolute Gasteiger partial charge is 0.237 e. The van der Waals surface area contributed by atoms with Crippen LogP contribution >= 0.6 is 0 Å². The summed E-state index contributed by atoms with van der Waals surface area (Å²) in [5.74, 6) is 1.15. The fourth-order valence-corrected chi connectivity index (χ4v) is 4.13. The summed E-state index contributed by atoms with van der Waals surface area (Å²) in [6, 6.07) is 5.27. The SMILES string of the molecule is COc1ccc(CN2CCNC(=O)C2CC(=O)NCCC2=CCCCC2)cc1OC. The first-order chi connectivity index (χ1) is 14.6. The fourth-order valence-electron chi connectivity index (χ4n) is 4.13. The topological polar surface area (TPSA) is 79.9 Å². The Balaban J connectivity index is 1.56. The maximum absolute atomic E-state index is 12.5. The highest BCUT2D eigenvalue weighted by atomic mass is 16.5. The summed E-state index contributed by atoms with van der Waals surface area (Å²) in [6.07, 6.45) is 8.16. The molecule has 7 heteroatoms. The van der Waals surface area contributed by atoms with Crippen LogP contribution in [0.2, 0.25) is 0 Å². The molecule has 0 spiro atoms. The largest absolute Gasteiger partial charge is 0.493 e. The molecule has 1 saturated heterocycles. The molecule has 2 aliphatic rings. The van der Waals surface area contributed by atoms with Crippen LogP contribution in [-0.2, 0) is 16.1 Å². The molecule has 164 valence electrons. The number of rotatable bonds is 9. The van der Waals surface area contributed by atoms with Crippen LogP contribution in [0, 0.1) is 0 Å². The lowest BCUT2D eigenvalue weighted by Gasteiger charge is -2.34. The monoisotopic (exact) mass is 415 g/mol. The maximum atomic E-state index is 12.5. The van der Waals surface area contributed by atoms with Gasteiger partial charge in [0.1, 0.15) is 0 Å². The number of nitrogens with one attached hydrogen (secondary N) is 2. The molecule has 1 fully saturated rings. The van der Waals surface area contributed by atoms with Crippen molar-refractivity contribution in [1.29, 1.82) is 0 Å². The van der Waals surface area contributed by atoms with Gasteiger partial charge < -0.3 is 20.1 Å². The van der Waals surface area contributed by atoms with E-state index in [0.717, 1.165) is 24.8 Å². The van der Waals surface area contributed by atoms with Crippen molar-refractivity contribution in [3.8, 4) is 11.5 Å². The molecule has 0 saturated carbocycles. The number of allylic oxidation sites excluding steroid dienone is 1. The molecule has 0 aromatic heterocycles. The molecule has 2 N–H and O–H groups in total. The number of ether oxygens (including phenoxy) is 2. The van der Waals surface area contributed by atoms with Crippen LogP contribution in [-0.4, -0.2) is 56.6 Å². The molecule has 2 amide bonds. The van der Waals surface area contributed by atoms with Gasteiger partial charge in [-0.25, -0.2) is 0 Å². The minimum Gasteiger partial charge on any atom is -0.493 e. The predicted molar refractivity (Wildman–Crippen MR) is 116 cm³/mol. The van der Waals surface area contributed by atoms with Gasteiger partial charge in [-0.05, 0) is 49.8 Å². The minimum atomic E-state index is -0.472. The first-order valence-electron chi connectivity index (χ1n) is 10.8. The minimum absolute atomic E-state index is 0.0780. The zero-order chi connectivity index (χ0) is 21.3. The predicted octanol–water partition coefficient (Wildman–Crippen LogP) is 2.40. The number of carbonyl (C=O) groups is 2. The van der Waals surface area contributed by atoms with Gasteiger partial charge >= 0.3 is 0 Å². The summed E-state index contributed by atoms with van der Waals surface area (Å²) >= 11 is 0. The third-order valence-electron chi connectivity index (χ3n) is 5.81. The van der Waals surface area contributed by atoms with Crippen LogP contribution in [0.1, 0.15) is 44.1 Å². The van der Waals surface area contributed by atoms with Gasteiger partial charge in [-0.3, -0.25) is 14.5 Å². The van der Waals surface area contributed by atoms with Gasteiger partial charge in [0, 0.05) is 26.2 Å². The van der Waals surface area contributed by atoms with E-state index in [-0.39, 0.29) is 18.2 Å². The zero-order valence-electron chi connectivity index (χ0n) is 18.0. The Morgan fingerprint density at radius 1 is 1.23 bits per heavy atom. The zero-order valence-corrected chi connectivity index (χ0v) is 18.0. The maximum Gasteiger partial charge on any atom is 0.237 e. The summed E-state index contributed by atoms with van der Waals surface area (Å²) < 4.78 is 10.7. The van der Waals surface area contributed by atoms with E-state index in [1.165, 1.54) is 18.4 Å². The first-order valence-corrected chi connectivity index (χ1v) is 10.8. The van der Waals surface area contributed by atoms with Gasteiger partial charge in [0.25, 0.3) is 0 Å². The van der Waals surface area contributed by atoms with E-state index >= 15 is 0 Å². The summed E-state index contributed by atoms with van der Waals surface area (Å²) in [5, 5.41) is 5.88. The van der Waals surface area contributed by atoms with E-state index < -0.39 is 6.04 Å². The summed E-state index contributed by atoms with van der Waals surface area (Å²) in [7, 11) is 3.21. The number of carbonyl (C=O) groups excluding carboxylic acids is 2. The van der Waals surface area contributed by atoms with Crippen molar-refractivity contribution < 1.29 is 19.1 Å². The van der Waals surface area contributed by atoms with Crippen molar-refractivity contribution in [2.75, 3.05) is 33.9 Å². The molecule has 0 radical (unpaired) electrons. The Bertz CT molecular complexity index is 778. The summed E-state index contributed by atoms with van der Waals surface area (Å²) in [5.41, 5.74) is 2.45. The lowest BCUT2D eigenvalue weighted by atomic mass is 9.97. The number of hydrogen-bond acceptors (Lipinski definition) is 5. The number of benzene rings is 1. The van der Waals surface area contributed by atoms with Crippen molar-refractivity contribution in [3.05, 3.63) is 35.4 Å². The van der Waals surface area contributed by atoms with Crippen LogP contribution in [0.4, 0.5) is 0 Å². The molecule has 1 heterocycles. The van der Waals surface area contributed by atoms with Crippen LogP contribution in [0.3, 0.4) is 0 Å². The molecular weight excluding hydrogens is 382 g/mol. The molecule has 1 aromatic rings.